The van der Waals surface area contributed by atoms with Gasteiger partial charge >= 0.3 is 35.7 Å². The molecule has 0 aromatic carbocycles. The quantitative estimate of drug-likeness (QED) is 0.433. The van der Waals surface area contributed by atoms with E-state index in [0.717, 1.165) is 0 Å². The maximum Gasteiger partial charge on any atom is 1.00 e. The van der Waals surface area contributed by atoms with Gasteiger partial charge in [0.15, 0.2) is 0 Å². The molecule has 0 bridgehead atoms. The second kappa shape index (κ2) is 8.55. The summed E-state index contributed by atoms with van der Waals surface area (Å²) in [5, 5.41) is 11.8. The molecule has 0 heterocycles. The summed E-state index contributed by atoms with van der Waals surface area (Å²) in [6, 6.07) is 0. The Labute approximate surface area is 142 Å². The SMILES string of the molecule is CC(C)C(CNC(=O)OC(C)(C)C)C(O)S(=O)(=O)[O-].[Na+]. The standard InChI is InChI=1S/C11H23NO6S.Na/c1-7(2)8(9(13)19(15,16)17)6-12-10(14)18-11(3,4)5;/h7-9,13H,6H2,1-5H3,(H,12,14)(H,15,16,17);/q;+1/p-1. The van der Waals surface area contributed by atoms with Gasteiger partial charge in [0.2, 0.25) is 0 Å². The first-order valence-electron chi connectivity index (χ1n) is 5.94. The minimum atomic E-state index is -4.82. The molecule has 0 aliphatic carbocycles. The first-order valence-corrected chi connectivity index (χ1v) is 7.41. The number of rotatable bonds is 5. The third-order valence-corrected chi connectivity index (χ3v) is 3.34. The van der Waals surface area contributed by atoms with E-state index >= 15 is 0 Å². The van der Waals surface area contributed by atoms with Crippen molar-refractivity contribution in [2.75, 3.05) is 6.54 Å². The van der Waals surface area contributed by atoms with Gasteiger partial charge in [-0.05, 0) is 26.7 Å². The molecule has 0 aromatic rings. The van der Waals surface area contributed by atoms with E-state index in [1.54, 1.807) is 34.6 Å². The Morgan fingerprint density at radius 1 is 1.35 bits per heavy atom. The predicted molar refractivity (Wildman–Crippen MR) is 68.3 cm³/mol. The smallest absolute Gasteiger partial charge is 0.746 e. The van der Waals surface area contributed by atoms with Crippen molar-refractivity contribution in [1.82, 2.24) is 5.32 Å². The van der Waals surface area contributed by atoms with Gasteiger partial charge < -0.3 is 19.7 Å². The molecule has 2 N–H and O–H groups in total. The van der Waals surface area contributed by atoms with E-state index in [4.69, 9.17) is 4.74 Å². The second-order valence-electron chi connectivity index (χ2n) is 5.67. The molecule has 0 rings (SSSR count). The van der Waals surface area contributed by atoms with Crippen molar-refractivity contribution in [2.24, 2.45) is 11.8 Å². The van der Waals surface area contributed by atoms with Gasteiger partial charge in [0.05, 0.1) is 0 Å². The molecule has 9 heteroatoms. The van der Waals surface area contributed by atoms with E-state index < -0.39 is 33.2 Å². The third-order valence-electron chi connectivity index (χ3n) is 2.40. The van der Waals surface area contributed by atoms with Crippen molar-refractivity contribution in [3.8, 4) is 0 Å². The monoisotopic (exact) mass is 319 g/mol. The first kappa shape index (κ1) is 22.4. The fraction of sp³-hybridized carbons (Fsp3) is 0.909. The molecule has 20 heavy (non-hydrogen) atoms. The van der Waals surface area contributed by atoms with Gasteiger partial charge in [-0.2, -0.15) is 0 Å². The van der Waals surface area contributed by atoms with Gasteiger partial charge in [0.25, 0.3) is 0 Å². The van der Waals surface area contributed by atoms with Crippen LogP contribution in [0.2, 0.25) is 0 Å². The van der Waals surface area contributed by atoms with Crippen LogP contribution in [0.4, 0.5) is 4.79 Å². The summed E-state index contributed by atoms with van der Waals surface area (Å²) in [7, 11) is -4.82. The van der Waals surface area contributed by atoms with Gasteiger partial charge in [-0.15, -0.1) is 0 Å². The van der Waals surface area contributed by atoms with Crippen LogP contribution in [0.15, 0.2) is 0 Å². The van der Waals surface area contributed by atoms with Crippen LogP contribution in [0.3, 0.4) is 0 Å². The number of carbonyl (C=O) groups excluding carboxylic acids is 1. The molecule has 1 amide bonds. The number of carbonyl (C=O) groups is 1. The molecule has 0 aromatic heterocycles. The van der Waals surface area contributed by atoms with Gasteiger partial charge in [-0.25, -0.2) is 13.2 Å². The van der Waals surface area contributed by atoms with Crippen LogP contribution in [0.1, 0.15) is 34.6 Å². The zero-order valence-corrected chi connectivity index (χ0v) is 15.7. The average Bonchev–Trinajstić information content (AvgIpc) is 2.12. The molecular weight excluding hydrogens is 297 g/mol. The Kier molecular flexibility index (Phi) is 9.59. The van der Waals surface area contributed by atoms with E-state index in [0.29, 0.717) is 0 Å². The molecule has 0 aliphatic heterocycles. The van der Waals surface area contributed by atoms with E-state index in [1.807, 2.05) is 0 Å². The number of alkyl carbamates (subject to hydrolysis) is 1. The van der Waals surface area contributed by atoms with Gasteiger partial charge in [0, 0.05) is 12.5 Å². The zero-order chi connectivity index (χ0) is 15.4. The molecule has 0 radical (unpaired) electrons. The maximum absolute atomic E-state index is 11.4. The maximum atomic E-state index is 11.4. The largest absolute Gasteiger partial charge is 1.00 e. The summed E-state index contributed by atoms with van der Waals surface area (Å²) in [5.41, 5.74) is -2.73. The third kappa shape index (κ3) is 9.15. The van der Waals surface area contributed by atoms with E-state index in [1.165, 1.54) is 0 Å². The molecule has 0 aliphatic rings. The Morgan fingerprint density at radius 2 is 1.80 bits per heavy atom. The van der Waals surface area contributed by atoms with Crippen molar-refractivity contribution in [2.45, 2.75) is 45.7 Å². The van der Waals surface area contributed by atoms with E-state index in [9.17, 15) is 22.9 Å². The summed E-state index contributed by atoms with van der Waals surface area (Å²) in [4.78, 5) is 11.4. The summed E-state index contributed by atoms with van der Waals surface area (Å²) in [6.07, 6.45) is -0.728. The Hall–Kier alpha value is 0.140. The van der Waals surface area contributed by atoms with Crippen LogP contribution in [0, 0.1) is 11.8 Å². The number of amides is 1. The van der Waals surface area contributed by atoms with Crippen LogP contribution in [-0.2, 0) is 14.9 Å². The number of ether oxygens (including phenoxy) is 1. The number of aliphatic hydroxyl groups excluding tert-OH is 1. The van der Waals surface area contributed by atoms with Crippen molar-refractivity contribution >= 4 is 16.2 Å². The molecule has 0 spiro atoms. The van der Waals surface area contributed by atoms with Crippen LogP contribution < -0.4 is 34.9 Å². The minimum absolute atomic E-state index is 0. The Morgan fingerprint density at radius 3 is 2.10 bits per heavy atom. The molecule has 0 saturated heterocycles. The van der Waals surface area contributed by atoms with Gasteiger partial charge in [-0.3, -0.25) is 0 Å². The van der Waals surface area contributed by atoms with Crippen molar-refractivity contribution in [3.05, 3.63) is 0 Å². The molecule has 2 atom stereocenters. The average molecular weight is 319 g/mol. The second-order valence-corrected chi connectivity index (χ2v) is 7.14. The van der Waals surface area contributed by atoms with Crippen LogP contribution in [-0.4, -0.2) is 41.8 Å². The van der Waals surface area contributed by atoms with Crippen LogP contribution in [0.5, 0.6) is 0 Å². The summed E-state index contributed by atoms with van der Waals surface area (Å²) in [5.74, 6) is -1.19. The molecule has 114 valence electrons. The summed E-state index contributed by atoms with van der Waals surface area (Å²) >= 11 is 0. The summed E-state index contributed by atoms with van der Waals surface area (Å²) < 4.78 is 37.4. The molecule has 7 nitrogen and oxygen atoms in total. The van der Waals surface area contributed by atoms with Gasteiger partial charge in [-0.1, -0.05) is 13.8 Å². The van der Waals surface area contributed by atoms with Gasteiger partial charge in [0.1, 0.15) is 21.2 Å². The van der Waals surface area contributed by atoms with Crippen molar-refractivity contribution in [3.63, 3.8) is 0 Å². The minimum Gasteiger partial charge on any atom is -0.746 e. The van der Waals surface area contributed by atoms with Crippen LogP contribution in [0.25, 0.3) is 0 Å². The Balaban J connectivity index is 0. The fourth-order valence-corrected chi connectivity index (χ4v) is 2.23. The van der Waals surface area contributed by atoms with Crippen molar-refractivity contribution < 1.29 is 57.2 Å². The van der Waals surface area contributed by atoms with Crippen molar-refractivity contribution in [1.29, 1.82) is 0 Å². The van der Waals surface area contributed by atoms with Crippen LogP contribution >= 0.6 is 0 Å². The Bertz CT molecular complexity index is 404. The predicted octanol–water partition coefficient (Wildman–Crippen LogP) is -2.35. The zero-order valence-electron chi connectivity index (χ0n) is 12.8. The number of hydrogen-bond donors (Lipinski definition) is 2. The van der Waals surface area contributed by atoms with E-state index in [2.05, 4.69) is 5.32 Å². The molecule has 2 unspecified atom stereocenters. The first-order chi connectivity index (χ1) is 8.34. The topological polar surface area (TPSA) is 116 Å². The summed E-state index contributed by atoms with van der Waals surface area (Å²) in [6.45, 7) is 8.19. The number of hydrogen-bond acceptors (Lipinski definition) is 6. The number of nitrogens with one attached hydrogen (secondary N) is 1. The number of aliphatic hydroxyl groups is 1. The van der Waals surface area contributed by atoms with E-state index in [-0.39, 0.29) is 42.0 Å². The normalized spacial score (nSPS) is 15.2. The molecule has 0 fully saturated rings. The fourth-order valence-electron chi connectivity index (χ4n) is 1.40. The molecule has 0 saturated carbocycles. The molecular formula is C11H22NNaO6S.